The van der Waals surface area contributed by atoms with Gasteiger partial charge in [0.05, 0.1) is 6.20 Å². The van der Waals surface area contributed by atoms with Crippen molar-refractivity contribution in [3.63, 3.8) is 0 Å². The second kappa shape index (κ2) is 5.97. The molecule has 0 saturated carbocycles. The number of fused-ring (bicyclic) bond motifs is 1. The third-order valence-electron chi connectivity index (χ3n) is 4.27. The number of rotatable bonds is 3. The van der Waals surface area contributed by atoms with Gasteiger partial charge < -0.3 is 15.5 Å². The molecule has 1 fully saturated rings. The van der Waals surface area contributed by atoms with Crippen molar-refractivity contribution in [2.24, 2.45) is 7.05 Å². The van der Waals surface area contributed by atoms with Crippen molar-refractivity contribution in [3.05, 3.63) is 40.9 Å². The topological polar surface area (TPSA) is 90.9 Å². The van der Waals surface area contributed by atoms with Crippen LogP contribution in [0.5, 0.6) is 0 Å². The van der Waals surface area contributed by atoms with Crippen molar-refractivity contribution < 1.29 is 0 Å². The van der Waals surface area contributed by atoms with E-state index in [1.54, 1.807) is 13.2 Å². The number of hydrogen-bond acceptors (Lipinski definition) is 6. The molecule has 0 amide bonds. The van der Waals surface area contributed by atoms with Gasteiger partial charge in [0, 0.05) is 44.6 Å². The molecule has 0 radical (unpaired) electrons. The van der Waals surface area contributed by atoms with Gasteiger partial charge >= 0.3 is 5.69 Å². The fourth-order valence-corrected chi connectivity index (χ4v) is 2.88. The van der Waals surface area contributed by atoms with Gasteiger partial charge in [0.25, 0.3) is 0 Å². The van der Waals surface area contributed by atoms with E-state index in [1.807, 2.05) is 12.1 Å². The minimum atomic E-state index is -0.197. The van der Waals surface area contributed by atoms with Gasteiger partial charge in [0.1, 0.15) is 5.52 Å². The van der Waals surface area contributed by atoms with Gasteiger partial charge in [-0.2, -0.15) is 4.98 Å². The lowest BCUT2D eigenvalue weighted by Gasteiger charge is -2.29. The molecule has 3 heterocycles. The number of piperazine rings is 1. The number of imidazole rings is 1. The van der Waals surface area contributed by atoms with Crippen LogP contribution < -0.4 is 21.2 Å². The summed E-state index contributed by atoms with van der Waals surface area (Å²) in [5.41, 5.74) is 3.13. The predicted octanol–water partition coefficient (Wildman–Crippen LogP) is 0.810. The number of aryl methyl sites for hydroxylation is 1. The van der Waals surface area contributed by atoms with Crippen LogP contribution in [0.3, 0.4) is 0 Å². The Balaban J connectivity index is 1.53. The second-order valence-electron chi connectivity index (χ2n) is 5.83. The molecule has 0 atom stereocenters. The van der Waals surface area contributed by atoms with Gasteiger partial charge in [0.15, 0.2) is 5.65 Å². The lowest BCUT2D eigenvalue weighted by Crippen LogP contribution is -2.43. The number of anilines is 3. The Morgan fingerprint density at radius 2 is 1.92 bits per heavy atom. The van der Waals surface area contributed by atoms with E-state index in [9.17, 15) is 4.79 Å². The molecule has 8 nitrogen and oxygen atoms in total. The minimum Gasteiger partial charge on any atom is -0.369 e. The third-order valence-corrected chi connectivity index (χ3v) is 4.27. The van der Waals surface area contributed by atoms with Crippen molar-refractivity contribution in [2.75, 3.05) is 36.4 Å². The summed E-state index contributed by atoms with van der Waals surface area (Å²) in [6.07, 6.45) is 1.64. The summed E-state index contributed by atoms with van der Waals surface area (Å²) in [5, 5.41) is 6.52. The molecule has 0 spiro atoms. The molecule has 0 aliphatic carbocycles. The monoisotopic (exact) mass is 325 g/mol. The van der Waals surface area contributed by atoms with Crippen molar-refractivity contribution in [1.29, 1.82) is 0 Å². The van der Waals surface area contributed by atoms with Crippen LogP contribution in [0.1, 0.15) is 0 Å². The van der Waals surface area contributed by atoms with E-state index in [2.05, 4.69) is 42.6 Å². The molecule has 1 aliphatic heterocycles. The van der Waals surface area contributed by atoms with E-state index in [0.717, 1.165) is 31.9 Å². The first-order chi connectivity index (χ1) is 11.7. The fraction of sp³-hybridized carbons (Fsp3) is 0.312. The largest absolute Gasteiger partial charge is 0.369 e. The van der Waals surface area contributed by atoms with Crippen molar-refractivity contribution in [1.82, 2.24) is 24.8 Å². The van der Waals surface area contributed by atoms with Crippen LogP contribution in [-0.2, 0) is 7.05 Å². The molecule has 0 unspecified atom stereocenters. The van der Waals surface area contributed by atoms with Crippen LogP contribution in [-0.4, -0.2) is 45.7 Å². The van der Waals surface area contributed by atoms with E-state index in [0.29, 0.717) is 17.1 Å². The van der Waals surface area contributed by atoms with Crippen molar-refractivity contribution in [2.45, 2.75) is 0 Å². The zero-order valence-electron chi connectivity index (χ0n) is 13.4. The van der Waals surface area contributed by atoms with Crippen molar-refractivity contribution >= 4 is 28.5 Å². The molecule has 3 N–H and O–H groups in total. The number of benzene rings is 1. The summed E-state index contributed by atoms with van der Waals surface area (Å²) in [7, 11) is 1.69. The van der Waals surface area contributed by atoms with E-state index < -0.39 is 0 Å². The number of aromatic amines is 1. The Morgan fingerprint density at radius 1 is 1.17 bits per heavy atom. The van der Waals surface area contributed by atoms with Crippen LogP contribution >= 0.6 is 0 Å². The first kappa shape index (κ1) is 14.7. The van der Waals surface area contributed by atoms with Gasteiger partial charge in [-0.3, -0.25) is 9.55 Å². The maximum Gasteiger partial charge on any atom is 0.327 e. The normalized spacial score (nSPS) is 15.0. The van der Waals surface area contributed by atoms with Gasteiger partial charge in [-0.1, -0.05) is 0 Å². The van der Waals surface area contributed by atoms with Gasteiger partial charge in [-0.15, -0.1) is 0 Å². The lowest BCUT2D eigenvalue weighted by molar-refractivity contribution is 0.589. The van der Waals surface area contributed by atoms with E-state index in [-0.39, 0.29) is 5.69 Å². The molecule has 4 rings (SSSR count). The average molecular weight is 325 g/mol. The molecule has 124 valence electrons. The standard InChI is InChI=1S/C16H19N7O/c1-22-13-10-18-15(20-14(13)21-16(22)24)19-11-2-4-12(5-3-11)23-8-6-17-7-9-23/h2-5,10,17H,6-9H2,1H3,(H2,18,19,20,21,24). The summed E-state index contributed by atoms with van der Waals surface area (Å²) in [6.45, 7) is 4.08. The van der Waals surface area contributed by atoms with Crippen LogP contribution in [0.15, 0.2) is 35.3 Å². The Hall–Kier alpha value is -2.87. The quantitative estimate of drug-likeness (QED) is 0.660. The van der Waals surface area contributed by atoms with Crippen LogP contribution in [0, 0.1) is 0 Å². The number of hydrogen-bond donors (Lipinski definition) is 3. The van der Waals surface area contributed by atoms with E-state index in [1.165, 1.54) is 10.3 Å². The Morgan fingerprint density at radius 3 is 2.67 bits per heavy atom. The third kappa shape index (κ3) is 2.71. The Kier molecular flexibility index (Phi) is 3.66. The maximum absolute atomic E-state index is 11.6. The molecule has 24 heavy (non-hydrogen) atoms. The van der Waals surface area contributed by atoms with Crippen LogP contribution in [0.4, 0.5) is 17.3 Å². The highest BCUT2D eigenvalue weighted by molar-refractivity contribution is 5.72. The summed E-state index contributed by atoms with van der Waals surface area (Å²) in [6, 6.07) is 8.21. The summed E-state index contributed by atoms with van der Waals surface area (Å²) >= 11 is 0. The number of aromatic nitrogens is 4. The van der Waals surface area contributed by atoms with E-state index >= 15 is 0 Å². The summed E-state index contributed by atoms with van der Waals surface area (Å²) in [5.74, 6) is 0.458. The first-order valence-electron chi connectivity index (χ1n) is 7.95. The SMILES string of the molecule is Cn1c(=O)[nH]c2nc(Nc3ccc(N4CCNCC4)cc3)ncc21. The van der Waals surface area contributed by atoms with Crippen LogP contribution in [0.2, 0.25) is 0 Å². The molecule has 1 saturated heterocycles. The fourth-order valence-electron chi connectivity index (χ4n) is 2.88. The molecule has 1 aliphatic rings. The van der Waals surface area contributed by atoms with Gasteiger partial charge in [-0.05, 0) is 24.3 Å². The van der Waals surface area contributed by atoms with Gasteiger partial charge in [0.2, 0.25) is 5.95 Å². The van der Waals surface area contributed by atoms with E-state index in [4.69, 9.17) is 0 Å². The molecule has 1 aromatic carbocycles. The minimum absolute atomic E-state index is 0.197. The molecule has 8 heteroatoms. The molecular formula is C16H19N7O. The zero-order chi connectivity index (χ0) is 16.5. The maximum atomic E-state index is 11.6. The van der Waals surface area contributed by atoms with Crippen LogP contribution in [0.25, 0.3) is 11.2 Å². The Labute approximate surface area is 138 Å². The zero-order valence-corrected chi connectivity index (χ0v) is 13.4. The highest BCUT2D eigenvalue weighted by Crippen LogP contribution is 2.20. The molecular weight excluding hydrogens is 306 g/mol. The Bertz CT molecular complexity index is 906. The lowest BCUT2D eigenvalue weighted by atomic mass is 10.2. The number of nitrogens with one attached hydrogen (secondary N) is 3. The first-order valence-corrected chi connectivity index (χ1v) is 7.95. The highest BCUT2D eigenvalue weighted by Gasteiger charge is 2.10. The highest BCUT2D eigenvalue weighted by atomic mass is 16.1. The van der Waals surface area contributed by atoms with Gasteiger partial charge in [-0.25, -0.2) is 9.78 Å². The summed E-state index contributed by atoms with van der Waals surface area (Å²) < 4.78 is 1.49. The number of nitrogens with zero attached hydrogens (tertiary/aromatic N) is 4. The van der Waals surface area contributed by atoms with Crippen molar-refractivity contribution in [3.8, 4) is 0 Å². The molecule has 3 aromatic rings. The average Bonchev–Trinajstić information content (AvgIpc) is 2.90. The molecule has 2 aromatic heterocycles. The smallest absolute Gasteiger partial charge is 0.327 e. The number of H-pyrrole nitrogens is 1. The predicted molar refractivity (Wildman–Crippen MR) is 93.9 cm³/mol. The second-order valence-corrected chi connectivity index (χ2v) is 5.83. The summed E-state index contributed by atoms with van der Waals surface area (Å²) in [4.78, 5) is 25.3. The molecule has 0 bridgehead atoms.